The van der Waals surface area contributed by atoms with Crippen molar-refractivity contribution in [3.63, 3.8) is 0 Å². The molecular formula is C13H13F2N3O2. The van der Waals surface area contributed by atoms with Crippen molar-refractivity contribution in [1.29, 1.82) is 5.26 Å². The molecule has 1 aromatic rings. The number of rotatable bonds is 2. The van der Waals surface area contributed by atoms with E-state index in [9.17, 15) is 13.6 Å². The quantitative estimate of drug-likeness (QED) is 0.897. The van der Waals surface area contributed by atoms with Crippen molar-refractivity contribution in [3.8, 4) is 6.07 Å². The van der Waals surface area contributed by atoms with Gasteiger partial charge in [-0.2, -0.15) is 5.26 Å². The Kier molecular flexibility index (Phi) is 4.03. The zero-order chi connectivity index (χ0) is 14.7. The highest BCUT2D eigenvalue weighted by molar-refractivity contribution is 5.67. The maximum absolute atomic E-state index is 13.9. The first-order chi connectivity index (χ1) is 9.55. The summed E-state index contributed by atoms with van der Waals surface area (Å²) in [5.41, 5.74) is -0.231. The van der Waals surface area contributed by atoms with Gasteiger partial charge in [0.2, 0.25) is 0 Å². The number of nitrogens with zero attached hydrogens (tertiary/aromatic N) is 2. The molecule has 1 saturated heterocycles. The summed E-state index contributed by atoms with van der Waals surface area (Å²) in [7, 11) is 1.25. The van der Waals surface area contributed by atoms with Crippen LogP contribution in [0.25, 0.3) is 0 Å². The Labute approximate surface area is 114 Å². The van der Waals surface area contributed by atoms with Gasteiger partial charge in [-0.3, -0.25) is 0 Å². The average Bonchev–Trinajstić information content (AvgIpc) is 2.85. The summed E-state index contributed by atoms with van der Waals surface area (Å²) < 4.78 is 32.2. The van der Waals surface area contributed by atoms with Crippen LogP contribution >= 0.6 is 0 Å². The number of anilines is 1. The minimum absolute atomic E-state index is 0.0628. The van der Waals surface area contributed by atoms with E-state index < -0.39 is 17.7 Å². The molecule has 1 unspecified atom stereocenters. The molecule has 2 rings (SSSR count). The average molecular weight is 281 g/mol. The number of alkyl carbamates (subject to hydrolysis) is 1. The van der Waals surface area contributed by atoms with Gasteiger partial charge in [-0.05, 0) is 18.6 Å². The number of nitrogens with one attached hydrogen (secondary N) is 1. The minimum Gasteiger partial charge on any atom is -0.453 e. The number of amides is 1. The van der Waals surface area contributed by atoms with Crippen LogP contribution in [0.3, 0.4) is 0 Å². The predicted octanol–water partition coefficient (Wildman–Crippen LogP) is 1.77. The number of ether oxygens (including phenoxy) is 1. The van der Waals surface area contributed by atoms with Gasteiger partial charge in [0.05, 0.1) is 24.8 Å². The first-order valence-electron chi connectivity index (χ1n) is 6.03. The van der Waals surface area contributed by atoms with E-state index in [2.05, 4.69) is 10.1 Å². The van der Waals surface area contributed by atoms with E-state index in [0.29, 0.717) is 13.0 Å². The third kappa shape index (κ3) is 2.79. The van der Waals surface area contributed by atoms with Crippen LogP contribution in [0.4, 0.5) is 19.3 Å². The molecule has 106 valence electrons. The van der Waals surface area contributed by atoms with Gasteiger partial charge in [0.25, 0.3) is 0 Å². The van der Waals surface area contributed by atoms with Gasteiger partial charge in [-0.15, -0.1) is 0 Å². The number of halogens is 2. The molecule has 0 saturated carbocycles. The van der Waals surface area contributed by atoms with E-state index in [1.807, 2.05) is 0 Å². The van der Waals surface area contributed by atoms with Gasteiger partial charge < -0.3 is 15.0 Å². The summed E-state index contributed by atoms with van der Waals surface area (Å²) >= 11 is 0. The second-order valence-corrected chi connectivity index (χ2v) is 4.47. The lowest BCUT2D eigenvalue weighted by atomic mass is 10.2. The number of hydrogen-bond acceptors (Lipinski definition) is 4. The zero-order valence-corrected chi connectivity index (χ0v) is 10.8. The molecule has 7 heteroatoms. The zero-order valence-electron chi connectivity index (χ0n) is 10.8. The lowest BCUT2D eigenvalue weighted by molar-refractivity contribution is 0.167. The second-order valence-electron chi connectivity index (χ2n) is 4.47. The lowest BCUT2D eigenvalue weighted by Crippen LogP contribution is -2.37. The summed E-state index contributed by atoms with van der Waals surface area (Å²) in [4.78, 5) is 12.6. The normalized spacial score (nSPS) is 17.7. The molecule has 1 fully saturated rings. The molecule has 0 radical (unpaired) electrons. The van der Waals surface area contributed by atoms with Crippen LogP contribution in [0, 0.1) is 23.0 Å². The number of hydrogen-bond donors (Lipinski definition) is 1. The molecule has 0 bridgehead atoms. The smallest absolute Gasteiger partial charge is 0.407 e. The monoisotopic (exact) mass is 281 g/mol. The Bertz CT molecular complexity index is 548. The van der Waals surface area contributed by atoms with Crippen LogP contribution in [-0.2, 0) is 4.74 Å². The van der Waals surface area contributed by atoms with E-state index in [4.69, 9.17) is 5.26 Å². The Morgan fingerprint density at radius 2 is 2.15 bits per heavy atom. The van der Waals surface area contributed by atoms with E-state index in [0.717, 1.165) is 12.1 Å². The number of nitriles is 1. The van der Waals surface area contributed by atoms with Crippen molar-refractivity contribution >= 4 is 11.8 Å². The Morgan fingerprint density at radius 3 is 2.70 bits per heavy atom. The van der Waals surface area contributed by atoms with Crippen LogP contribution in [0.15, 0.2) is 12.1 Å². The van der Waals surface area contributed by atoms with Gasteiger partial charge in [-0.1, -0.05) is 0 Å². The Morgan fingerprint density at radius 1 is 1.50 bits per heavy atom. The van der Waals surface area contributed by atoms with Crippen molar-refractivity contribution in [2.45, 2.75) is 12.5 Å². The SMILES string of the molecule is COC(=O)NC1CCN(c2c(F)cc(C#N)cc2F)C1. The summed E-state index contributed by atoms with van der Waals surface area (Å²) in [6.07, 6.45) is -0.00817. The third-order valence-electron chi connectivity index (χ3n) is 3.16. The van der Waals surface area contributed by atoms with Crippen LogP contribution in [0.2, 0.25) is 0 Å². The van der Waals surface area contributed by atoms with Gasteiger partial charge in [-0.25, -0.2) is 13.6 Å². The summed E-state index contributed by atoms with van der Waals surface area (Å²) in [5, 5.41) is 11.2. The molecular weight excluding hydrogens is 268 g/mol. The van der Waals surface area contributed by atoms with Crippen LogP contribution < -0.4 is 10.2 Å². The molecule has 1 heterocycles. The van der Waals surface area contributed by atoms with Crippen molar-refractivity contribution < 1.29 is 18.3 Å². The Hall–Kier alpha value is -2.36. The largest absolute Gasteiger partial charge is 0.453 e. The molecule has 1 N–H and O–H groups in total. The van der Waals surface area contributed by atoms with Crippen molar-refractivity contribution in [1.82, 2.24) is 5.32 Å². The highest BCUT2D eigenvalue weighted by Gasteiger charge is 2.28. The standard InChI is InChI=1S/C13H13F2N3O2/c1-20-13(19)17-9-2-3-18(7-9)12-10(14)4-8(6-16)5-11(12)15/h4-5,9H,2-3,7H2,1H3,(H,17,19). The number of methoxy groups -OCH3 is 1. The fourth-order valence-electron chi connectivity index (χ4n) is 2.24. The van der Waals surface area contributed by atoms with Crippen LogP contribution in [0.5, 0.6) is 0 Å². The molecule has 1 amide bonds. The molecule has 1 aromatic carbocycles. The molecule has 1 aliphatic heterocycles. The number of carbonyl (C=O) groups excluding carboxylic acids is 1. The van der Waals surface area contributed by atoms with Crippen molar-refractivity contribution in [2.75, 3.05) is 25.1 Å². The van der Waals surface area contributed by atoms with Gasteiger partial charge in [0, 0.05) is 13.1 Å². The van der Waals surface area contributed by atoms with Crippen LogP contribution in [-0.4, -0.2) is 32.3 Å². The highest BCUT2D eigenvalue weighted by atomic mass is 19.1. The lowest BCUT2D eigenvalue weighted by Gasteiger charge is -2.20. The van der Waals surface area contributed by atoms with Crippen molar-refractivity contribution in [3.05, 3.63) is 29.3 Å². The minimum atomic E-state index is -0.778. The van der Waals surface area contributed by atoms with E-state index >= 15 is 0 Å². The summed E-state index contributed by atoms with van der Waals surface area (Å²) in [6, 6.07) is 3.47. The Balaban J connectivity index is 2.14. The molecule has 0 aliphatic carbocycles. The first-order valence-corrected chi connectivity index (χ1v) is 6.03. The molecule has 1 aliphatic rings. The maximum Gasteiger partial charge on any atom is 0.407 e. The molecule has 5 nitrogen and oxygen atoms in total. The van der Waals surface area contributed by atoms with Crippen LogP contribution in [0.1, 0.15) is 12.0 Å². The molecule has 20 heavy (non-hydrogen) atoms. The van der Waals surface area contributed by atoms with Gasteiger partial charge in [0.1, 0.15) is 5.69 Å². The van der Waals surface area contributed by atoms with E-state index in [1.54, 1.807) is 6.07 Å². The number of benzene rings is 1. The van der Waals surface area contributed by atoms with Crippen molar-refractivity contribution in [2.24, 2.45) is 0 Å². The summed E-state index contributed by atoms with van der Waals surface area (Å²) in [5.74, 6) is -1.56. The number of carbonyl (C=O) groups is 1. The fourth-order valence-corrected chi connectivity index (χ4v) is 2.24. The van der Waals surface area contributed by atoms with Gasteiger partial charge in [0.15, 0.2) is 11.6 Å². The third-order valence-corrected chi connectivity index (χ3v) is 3.16. The van der Waals surface area contributed by atoms with Gasteiger partial charge >= 0.3 is 6.09 Å². The van der Waals surface area contributed by atoms with E-state index in [-0.39, 0.29) is 23.8 Å². The second kappa shape index (κ2) is 5.74. The van der Waals surface area contributed by atoms with E-state index in [1.165, 1.54) is 12.0 Å². The summed E-state index contributed by atoms with van der Waals surface area (Å²) in [6.45, 7) is 0.698. The molecule has 1 atom stereocenters. The first kappa shape index (κ1) is 14.1. The maximum atomic E-state index is 13.9. The molecule has 0 spiro atoms. The predicted molar refractivity (Wildman–Crippen MR) is 67.2 cm³/mol. The fraction of sp³-hybridized carbons (Fsp3) is 0.385. The molecule has 0 aromatic heterocycles. The topological polar surface area (TPSA) is 65.4 Å². The highest BCUT2D eigenvalue weighted by Crippen LogP contribution is 2.28.